The fourth-order valence-corrected chi connectivity index (χ4v) is 1.85. The zero-order valence-corrected chi connectivity index (χ0v) is 9.20. The Labute approximate surface area is 90.0 Å². The number of hydrogen-bond acceptors (Lipinski definition) is 3. The van der Waals surface area contributed by atoms with Crippen LogP contribution in [0, 0.1) is 11.6 Å². The van der Waals surface area contributed by atoms with Gasteiger partial charge in [-0.25, -0.2) is 17.2 Å². The van der Waals surface area contributed by atoms with Gasteiger partial charge in [0.05, 0.1) is 6.61 Å². The molecule has 0 heterocycles. The number of hydrogen-bond donors (Lipinski definition) is 0. The van der Waals surface area contributed by atoms with E-state index in [9.17, 15) is 17.2 Å². The van der Waals surface area contributed by atoms with Gasteiger partial charge in [-0.1, -0.05) is 0 Å². The van der Waals surface area contributed by atoms with Gasteiger partial charge in [-0.3, -0.25) is 0 Å². The largest absolute Gasteiger partial charge is 0.491 e. The molecule has 1 aromatic carbocycles. The Balaban J connectivity index is 3.32. The maximum absolute atomic E-state index is 13.1. The minimum atomic E-state index is -4.29. The molecule has 0 saturated carbocycles. The van der Waals surface area contributed by atoms with E-state index in [2.05, 4.69) is 0 Å². The summed E-state index contributed by atoms with van der Waals surface area (Å²) in [7, 11) is 0.604. The lowest BCUT2D eigenvalue weighted by Gasteiger charge is -2.06. The molecular weight excluding hydrogens is 250 g/mol. The summed E-state index contributed by atoms with van der Waals surface area (Å²) in [6.07, 6.45) is 0. The van der Waals surface area contributed by atoms with Crippen molar-refractivity contribution in [2.24, 2.45) is 0 Å². The first kappa shape index (κ1) is 12.2. The van der Waals surface area contributed by atoms with Crippen LogP contribution >= 0.6 is 10.7 Å². The zero-order chi connectivity index (χ0) is 11.6. The molecule has 0 atom stereocenters. The second-order valence-corrected chi connectivity index (χ2v) is 5.12. The van der Waals surface area contributed by atoms with Crippen molar-refractivity contribution >= 4 is 19.7 Å². The summed E-state index contributed by atoms with van der Waals surface area (Å²) in [5, 5.41) is 0. The average Bonchev–Trinajstić information content (AvgIpc) is 2.09. The summed E-state index contributed by atoms with van der Waals surface area (Å²) in [5.41, 5.74) is 0. The molecule has 1 rings (SSSR count). The number of ether oxygens (including phenoxy) is 1. The van der Waals surface area contributed by atoms with E-state index in [4.69, 9.17) is 15.4 Å². The standard InChI is InChI=1S/C8H7ClF2O3S/c1-2-14-7-3-6(11)8(4-5(7)10)15(9,12)13/h3-4H,2H2,1H3. The van der Waals surface area contributed by atoms with Gasteiger partial charge in [0.2, 0.25) is 0 Å². The predicted octanol–water partition coefficient (Wildman–Crippen LogP) is 2.29. The van der Waals surface area contributed by atoms with Crippen LogP contribution in [0.5, 0.6) is 5.75 Å². The normalized spacial score (nSPS) is 11.5. The quantitative estimate of drug-likeness (QED) is 0.780. The fraction of sp³-hybridized carbons (Fsp3) is 0.250. The van der Waals surface area contributed by atoms with Gasteiger partial charge in [0.25, 0.3) is 9.05 Å². The number of benzene rings is 1. The molecule has 0 amide bonds. The maximum Gasteiger partial charge on any atom is 0.264 e. The van der Waals surface area contributed by atoms with Crippen LogP contribution in [0.1, 0.15) is 6.92 Å². The molecule has 0 aliphatic carbocycles. The van der Waals surface area contributed by atoms with E-state index in [1.807, 2.05) is 0 Å². The van der Waals surface area contributed by atoms with Crippen molar-refractivity contribution in [3.8, 4) is 5.75 Å². The topological polar surface area (TPSA) is 43.4 Å². The minimum absolute atomic E-state index is 0.142. The first-order valence-electron chi connectivity index (χ1n) is 3.92. The molecule has 3 nitrogen and oxygen atoms in total. The molecule has 84 valence electrons. The van der Waals surface area contributed by atoms with E-state index in [1.54, 1.807) is 6.92 Å². The molecular formula is C8H7ClF2O3S. The van der Waals surface area contributed by atoms with Crippen molar-refractivity contribution < 1.29 is 21.9 Å². The van der Waals surface area contributed by atoms with Crippen LogP contribution in [0.15, 0.2) is 17.0 Å². The molecule has 7 heteroatoms. The Morgan fingerprint density at radius 2 is 1.93 bits per heavy atom. The number of rotatable bonds is 3. The van der Waals surface area contributed by atoms with Crippen molar-refractivity contribution in [2.45, 2.75) is 11.8 Å². The highest BCUT2D eigenvalue weighted by Crippen LogP contribution is 2.26. The fourth-order valence-electron chi connectivity index (χ4n) is 0.963. The molecule has 15 heavy (non-hydrogen) atoms. The molecule has 0 spiro atoms. The highest BCUT2D eigenvalue weighted by molar-refractivity contribution is 8.13. The van der Waals surface area contributed by atoms with E-state index in [-0.39, 0.29) is 12.4 Å². The van der Waals surface area contributed by atoms with Gasteiger partial charge in [0, 0.05) is 22.8 Å². The highest BCUT2D eigenvalue weighted by Gasteiger charge is 2.20. The van der Waals surface area contributed by atoms with Crippen LogP contribution in [-0.2, 0) is 9.05 Å². The van der Waals surface area contributed by atoms with Crippen molar-refractivity contribution in [1.29, 1.82) is 0 Å². The Hall–Kier alpha value is -0.880. The van der Waals surface area contributed by atoms with E-state index in [1.165, 1.54) is 0 Å². The average molecular weight is 257 g/mol. The molecule has 0 aliphatic heterocycles. The molecule has 0 N–H and O–H groups in total. The third kappa shape index (κ3) is 2.79. The molecule has 0 saturated heterocycles. The first-order valence-corrected chi connectivity index (χ1v) is 6.23. The van der Waals surface area contributed by atoms with Gasteiger partial charge >= 0.3 is 0 Å². The Morgan fingerprint density at radius 3 is 2.40 bits per heavy atom. The summed E-state index contributed by atoms with van der Waals surface area (Å²) in [6.45, 7) is 1.73. The first-order chi connectivity index (χ1) is 6.86. The van der Waals surface area contributed by atoms with Crippen LogP contribution in [0.3, 0.4) is 0 Å². The third-order valence-corrected chi connectivity index (χ3v) is 2.89. The SMILES string of the molecule is CCOc1cc(F)c(S(=O)(=O)Cl)cc1F. The molecule has 0 bridgehead atoms. The van der Waals surface area contributed by atoms with Crippen LogP contribution < -0.4 is 4.74 Å². The van der Waals surface area contributed by atoms with Gasteiger partial charge in [0.1, 0.15) is 10.7 Å². The molecule has 0 fully saturated rings. The minimum Gasteiger partial charge on any atom is -0.491 e. The Kier molecular flexibility index (Phi) is 3.51. The Morgan fingerprint density at radius 1 is 1.33 bits per heavy atom. The summed E-state index contributed by atoms with van der Waals surface area (Å²) < 4.78 is 52.6. The lowest BCUT2D eigenvalue weighted by molar-refractivity contribution is 0.318. The Bertz CT molecular complexity index is 473. The van der Waals surface area contributed by atoms with E-state index >= 15 is 0 Å². The van der Waals surface area contributed by atoms with Gasteiger partial charge in [0.15, 0.2) is 11.6 Å². The van der Waals surface area contributed by atoms with E-state index < -0.39 is 25.6 Å². The monoisotopic (exact) mass is 256 g/mol. The van der Waals surface area contributed by atoms with Crippen LogP contribution in [0.4, 0.5) is 8.78 Å². The second-order valence-electron chi connectivity index (χ2n) is 2.58. The van der Waals surface area contributed by atoms with Crippen molar-refractivity contribution in [3.63, 3.8) is 0 Å². The third-order valence-electron chi connectivity index (χ3n) is 1.55. The van der Waals surface area contributed by atoms with Gasteiger partial charge < -0.3 is 4.74 Å². The second kappa shape index (κ2) is 4.32. The molecule has 0 aromatic heterocycles. The van der Waals surface area contributed by atoms with Crippen molar-refractivity contribution in [3.05, 3.63) is 23.8 Å². The lowest BCUT2D eigenvalue weighted by Crippen LogP contribution is -2.01. The molecule has 0 unspecified atom stereocenters. The van der Waals surface area contributed by atoms with Crippen LogP contribution in [-0.4, -0.2) is 15.0 Å². The lowest BCUT2D eigenvalue weighted by atomic mass is 10.3. The van der Waals surface area contributed by atoms with Gasteiger partial charge in [-0.05, 0) is 6.92 Å². The van der Waals surface area contributed by atoms with Crippen molar-refractivity contribution in [2.75, 3.05) is 6.61 Å². The zero-order valence-electron chi connectivity index (χ0n) is 7.63. The number of halogens is 3. The summed E-state index contributed by atoms with van der Waals surface area (Å²) in [4.78, 5) is -0.898. The molecule has 0 radical (unpaired) electrons. The highest BCUT2D eigenvalue weighted by atomic mass is 35.7. The summed E-state index contributed by atoms with van der Waals surface area (Å²) in [6, 6.07) is 1.14. The molecule has 0 aliphatic rings. The summed E-state index contributed by atoms with van der Waals surface area (Å²) in [5.74, 6) is -2.47. The predicted molar refractivity (Wildman–Crippen MR) is 50.6 cm³/mol. The van der Waals surface area contributed by atoms with Gasteiger partial charge in [-0.2, -0.15) is 0 Å². The smallest absolute Gasteiger partial charge is 0.264 e. The molecule has 1 aromatic rings. The van der Waals surface area contributed by atoms with Crippen LogP contribution in [0.25, 0.3) is 0 Å². The summed E-state index contributed by atoms with van der Waals surface area (Å²) >= 11 is 0. The van der Waals surface area contributed by atoms with E-state index in [0.29, 0.717) is 12.1 Å². The maximum atomic E-state index is 13.1. The van der Waals surface area contributed by atoms with E-state index in [0.717, 1.165) is 0 Å². The van der Waals surface area contributed by atoms with Gasteiger partial charge in [-0.15, -0.1) is 0 Å². The van der Waals surface area contributed by atoms with Crippen LogP contribution in [0.2, 0.25) is 0 Å². The van der Waals surface area contributed by atoms with Crippen molar-refractivity contribution in [1.82, 2.24) is 0 Å².